The Morgan fingerprint density at radius 1 is 1.40 bits per heavy atom. The zero-order valence-electron chi connectivity index (χ0n) is 13.7. The number of benzene rings is 1. The highest BCUT2D eigenvalue weighted by atomic mass is 35.5. The van der Waals surface area contributed by atoms with Crippen molar-refractivity contribution >= 4 is 23.5 Å². The van der Waals surface area contributed by atoms with E-state index in [-0.39, 0.29) is 22.2 Å². The summed E-state index contributed by atoms with van der Waals surface area (Å²) in [6.45, 7) is 3.92. The fourth-order valence-electron chi connectivity index (χ4n) is 1.99. The lowest BCUT2D eigenvalue weighted by Gasteiger charge is -2.15. The summed E-state index contributed by atoms with van der Waals surface area (Å²) < 4.78 is 18.4. The van der Waals surface area contributed by atoms with Crippen LogP contribution in [0.25, 0.3) is 0 Å². The molecule has 9 heteroatoms. The average molecular weight is 369 g/mol. The second kappa shape index (κ2) is 8.48. The predicted octanol–water partition coefficient (Wildman–Crippen LogP) is 1.87. The minimum Gasteiger partial charge on any atom is -0.479 e. The van der Waals surface area contributed by atoms with Gasteiger partial charge in [0.1, 0.15) is 11.6 Å². The number of aromatic nitrogens is 2. The second-order valence-corrected chi connectivity index (χ2v) is 5.70. The fraction of sp³-hybridized carbons (Fsp3) is 0.312. The number of anilines is 1. The van der Waals surface area contributed by atoms with E-state index in [0.29, 0.717) is 24.7 Å². The van der Waals surface area contributed by atoms with Crippen LogP contribution in [0.5, 0.6) is 5.75 Å². The number of halogens is 2. The molecular formula is C16H18ClFN4O3. The van der Waals surface area contributed by atoms with Crippen LogP contribution < -0.4 is 20.9 Å². The van der Waals surface area contributed by atoms with Crippen molar-refractivity contribution < 1.29 is 13.9 Å². The Morgan fingerprint density at radius 2 is 2.16 bits per heavy atom. The second-order valence-electron chi connectivity index (χ2n) is 5.29. The minimum absolute atomic E-state index is 0.0933. The largest absolute Gasteiger partial charge is 0.479 e. The number of aryl methyl sites for hydroxylation is 1. The fourth-order valence-corrected chi connectivity index (χ4v) is 2.20. The van der Waals surface area contributed by atoms with Crippen LogP contribution in [0, 0.1) is 12.7 Å². The van der Waals surface area contributed by atoms with Gasteiger partial charge in [-0.3, -0.25) is 14.6 Å². The number of carbonyl (C=O) groups excluding carboxylic acids is 1. The van der Waals surface area contributed by atoms with Gasteiger partial charge in [-0.25, -0.2) is 9.37 Å². The average Bonchev–Trinajstić information content (AvgIpc) is 2.53. The van der Waals surface area contributed by atoms with Crippen molar-refractivity contribution in [2.45, 2.75) is 20.0 Å². The zero-order chi connectivity index (χ0) is 18.4. The predicted molar refractivity (Wildman–Crippen MR) is 92.6 cm³/mol. The van der Waals surface area contributed by atoms with E-state index in [1.807, 2.05) is 0 Å². The lowest BCUT2D eigenvalue weighted by atomic mass is 10.3. The topological polar surface area (TPSA) is 96.1 Å². The van der Waals surface area contributed by atoms with E-state index in [4.69, 9.17) is 16.3 Å². The van der Waals surface area contributed by atoms with Gasteiger partial charge in [-0.1, -0.05) is 11.6 Å². The Morgan fingerprint density at radius 3 is 2.84 bits per heavy atom. The molecule has 0 aliphatic heterocycles. The first-order valence-corrected chi connectivity index (χ1v) is 7.94. The van der Waals surface area contributed by atoms with Crippen LogP contribution in [-0.4, -0.2) is 35.1 Å². The summed E-state index contributed by atoms with van der Waals surface area (Å²) in [7, 11) is 0. The normalized spacial score (nSPS) is 11.7. The monoisotopic (exact) mass is 368 g/mol. The summed E-state index contributed by atoms with van der Waals surface area (Å²) in [5.41, 5.74) is 0.339. The Balaban J connectivity index is 1.78. The van der Waals surface area contributed by atoms with Crippen LogP contribution in [0.4, 0.5) is 10.3 Å². The first-order valence-electron chi connectivity index (χ1n) is 7.56. The third kappa shape index (κ3) is 5.75. The molecule has 2 rings (SSSR count). The lowest BCUT2D eigenvalue weighted by Crippen LogP contribution is -2.38. The quantitative estimate of drug-likeness (QED) is 0.648. The van der Waals surface area contributed by atoms with E-state index in [1.54, 1.807) is 13.8 Å². The molecule has 7 nitrogen and oxygen atoms in total. The molecule has 0 radical (unpaired) electrons. The summed E-state index contributed by atoms with van der Waals surface area (Å²) in [5.74, 6) is -0.275. The van der Waals surface area contributed by atoms with Crippen LogP contribution >= 0.6 is 11.6 Å². The maximum atomic E-state index is 13.0. The molecule has 3 N–H and O–H groups in total. The number of amides is 1. The molecule has 134 valence electrons. The highest BCUT2D eigenvalue weighted by Gasteiger charge is 2.15. The van der Waals surface area contributed by atoms with Gasteiger partial charge < -0.3 is 15.4 Å². The molecule has 0 saturated heterocycles. The van der Waals surface area contributed by atoms with Crippen molar-refractivity contribution in [3.8, 4) is 5.75 Å². The van der Waals surface area contributed by atoms with Crippen molar-refractivity contribution in [3.05, 3.63) is 51.2 Å². The highest BCUT2D eigenvalue weighted by Crippen LogP contribution is 2.25. The molecule has 1 aromatic carbocycles. The zero-order valence-corrected chi connectivity index (χ0v) is 14.5. The minimum atomic E-state index is -0.806. The number of carbonyl (C=O) groups is 1. The molecule has 1 amide bonds. The van der Waals surface area contributed by atoms with Gasteiger partial charge in [0, 0.05) is 24.8 Å². The highest BCUT2D eigenvalue weighted by molar-refractivity contribution is 6.32. The molecule has 1 atom stereocenters. The standard InChI is InChI=1S/C16H18ClFN4O3/c1-9-7-14(23)22-16(21-9)20-6-5-19-15(24)10(2)25-13-4-3-11(18)8-12(13)17/h3-4,7-8,10H,5-6H2,1-2H3,(H,19,24)(H2,20,21,22,23)/t10-/m0/s1. The Bertz CT molecular complexity index is 812. The Hall–Kier alpha value is -2.61. The summed E-state index contributed by atoms with van der Waals surface area (Å²) >= 11 is 5.86. The number of hydrogen-bond acceptors (Lipinski definition) is 5. The molecule has 0 aliphatic rings. The maximum Gasteiger partial charge on any atom is 0.260 e. The first kappa shape index (κ1) is 18.7. The van der Waals surface area contributed by atoms with Gasteiger partial charge in [0.15, 0.2) is 6.10 Å². The van der Waals surface area contributed by atoms with Gasteiger partial charge in [-0.15, -0.1) is 0 Å². The van der Waals surface area contributed by atoms with Crippen molar-refractivity contribution in [1.29, 1.82) is 0 Å². The van der Waals surface area contributed by atoms with Crippen molar-refractivity contribution in [2.24, 2.45) is 0 Å². The van der Waals surface area contributed by atoms with E-state index in [9.17, 15) is 14.0 Å². The molecule has 0 spiro atoms. The van der Waals surface area contributed by atoms with Crippen LogP contribution in [0.2, 0.25) is 5.02 Å². The Labute approximate surface area is 148 Å². The number of ether oxygens (including phenoxy) is 1. The molecule has 1 aromatic heterocycles. The molecule has 0 fully saturated rings. The van der Waals surface area contributed by atoms with Gasteiger partial charge >= 0.3 is 0 Å². The van der Waals surface area contributed by atoms with Gasteiger partial charge in [0.2, 0.25) is 5.95 Å². The first-order chi connectivity index (χ1) is 11.8. The number of rotatable bonds is 7. The summed E-state index contributed by atoms with van der Waals surface area (Å²) in [5, 5.41) is 5.66. The van der Waals surface area contributed by atoms with Crippen molar-refractivity contribution in [1.82, 2.24) is 15.3 Å². The molecule has 0 bridgehead atoms. The Kier molecular flexibility index (Phi) is 6.35. The van der Waals surface area contributed by atoms with Gasteiger partial charge in [-0.05, 0) is 32.0 Å². The van der Waals surface area contributed by atoms with Crippen LogP contribution in [0.3, 0.4) is 0 Å². The van der Waals surface area contributed by atoms with Gasteiger partial charge in [0.05, 0.1) is 5.02 Å². The van der Waals surface area contributed by atoms with Gasteiger partial charge in [0.25, 0.3) is 11.5 Å². The molecular weight excluding hydrogens is 351 g/mol. The van der Waals surface area contributed by atoms with E-state index in [1.165, 1.54) is 18.2 Å². The van der Waals surface area contributed by atoms with Crippen LogP contribution in [0.15, 0.2) is 29.1 Å². The molecule has 2 aromatic rings. The number of H-pyrrole nitrogens is 1. The molecule has 0 saturated carbocycles. The van der Waals surface area contributed by atoms with Crippen LogP contribution in [0.1, 0.15) is 12.6 Å². The number of aromatic amines is 1. The van der Waals surface area contributed by atoms with Crippen LogP contribution in [-0.2, 0) is 4.79 Å². The number of nitrogens with zero attached hydrogens (tertiary/aromatic N) is 1. The third-order valence-electron chi connectivity index (χ3n) is 3.15. The summed E-state index contributed by atoms with van der Waals surface area (Å²) in [4.78, 5) is 29.9. The lowest BCUT2D eigenvalue weighted by molar-refractivity contribution is -0.127. The van der Waals surface area contributed by atoms with Crippen molar-refractivity contribution in [3.63, 3.8) is 0 Å². The smallest absolute Gasteiger partial charge is 0.260 e. The molecule has 25 heavy (non-hydrogen) atoms. The third-order valence-corrected chi connectivity index (χ3v) is 3.45. The maximum absolute atomic E-state index is 13.0. The summed E-state index contributed by atoms with van der Waals surface area (Å²) in [6.07, 6.45) is -0.806. The molecule has 0 aliphatic carbocycles. The number of nitrogens with one attached hydrogen (secondary N) is 3. The van der Waals surface area contributed by atoms with Gasteiger partial charge in [-0.2, -0.15) is 0 Å². The summed E-state index contributed by atoms with van der Waals surface area (Å²) in [6, 6.07) is 5.06. The molecule has 1 heterocycles. The van der Waals surface area contributed by atoms with Crippen molar-refractivity contribution in [2.75, 3.05) is 18.4 Å². The number of hydrogen-bond donors (Lipinski definition) is 3. The SMILES string of the molecule is Cc1cc(=O)[nH]c(NCCNC(=O)[C@H](C)Oc2ccc(F)cc2Cl)n1. The molecule has 0 unspecified atom stereocenters. The van der Waals surface area contributed by atoms with E-state index in [0.717, 1.165) is 6.07 Å². The van der Waals surface area contributed by atoms with E-state index in [2.05, 4.69) is 20.6 Å². The van der Waals surface area contributed by atoms with E-state index >= 15 is 0 Å². The van der Waals surface area contributed by atoms with E-state index < -0.39 is 11.9 Å².